The van der Waals surface area contributed by atoms with Crippen LogP contribution in [0.15, 0.2) is 60.7 Å². The predicted octanol–water partition coefficient (Wildman–Crippen LogP) is 3.80. The van der Waals surface area contributed by atoms with Crippen LogP contribution in [0.25, 0.3) is 0 Å². The predicted molar refractivity (Wildman–Crippen MR) is 130 cm³/mol. The molecule has 7 nitrogen and oxygen atoms in total. The maximum absolute atomic E-state index is 13.7. The molecule has 1 amide bonds. The Labute approximate surface area is 200 Å². The fourth-order valence-electron chi connectivity index (χ4n) is 4.03. The Morgan fingerprint density at radius 2 is 1.65 bits per heavy atom. The first-order valence-corrected chi connectivity index (χ1v) is 11.4. The third kappa shape index (κ3) is 6.04. The molecule has 34 heavy (non-hydrogen) atoms. The maximum atomic E-state index is 13.7. The third-order valence-corrected chi connectivity index (χ3v) is 6.33. The van der Waals surface area contributed by atoms with Gasteiger partial charge in [-0.2, -0.15) is 0 Å². The third-order valence-electron chi connectivity index (χ3n) is 6.33. The number of aldehydes is 1. The Balaban J connectivity index is 2.40. The SMILES string of the molecule is CC[C@@H](C)[C@](CC=O)(C(=N)C(=O)c1ccccc1)C(=O)N[C@@H](CCc1ccccc1)C(=O)OC. The molecular weight excluding hydrogens is 432 g/mol. The van der Waals surface area contributed by atoms with E-state index < -0.39 is 40.7 Å². The summed E-state index contributed by atoms with van der Waals surface area (Å²) in [6.07, 6.45) is 1.41. The van der Waals surface area contributed by atoms with Gasteiger partial charge in [-0.15, -0.1) is 0 Å². The number of amides is 1. The van der Waals surface area contributed by atoms with E-state index in [4.69, 9.17) is 10.1 Å². The van der Waals surface area contributed by atoms with Gasteiger partial charge in [-0.1, -0.05) is 80.9 Å². The lowest BCUT2D eigenvalue weighted by Gasteiger charge is -2.37. The van der Waals surface area contributed by atoms with Gasteiger partial charge in [0.2, 0.25) is 11.7 Å². The number of carbonyl (C=O) groups excluding carboxylic acids is 4. The summed E-state index contributed by atoms with van der Waals surface area (Å²) in [4.78, 5) is 51.1. The molecule has 2 aromatic carbocycles. The molecule has 2 N–H and O–H groups in total. The average Bonchev–Trinajstić information content (AvgIpc) is 2.88. The fourth-order valence-corrected chi connectivity index (χ4v) is 4.03. The van der Waals surface area contributed by atoms with Crippen molar-refractivity contribution in [2.24, 2.45) is 11.3 Å². The number of ketones is 1. The van der Waals surface area contributed by atoms with Crippen molar-refractivity contribution in [3.05, 3.63) is 71.8 Å². The largest absolute Gasteiger partial charge is 0.467 e. The van der Waals surface area contributed by atoms with Crippen LogP contribution in [0, 0.1) is 16.7 Å². The molecule has 0 aliphatic heterocycles. The van der Waals surface area contributed by atoms with E-state index >= 15 is 0 Å². The molecule has 0 aliphatic rings. The minimum Gasteiger partial charge on any atom is -0.467 e. The van der Waals surface area contributed by atoms with Crippen molar-refractivity contribution >= 4 is 29.7 Å². The maximum Gasteiger partial charge on any atom is 0.328 e. The van der Waals surface area contributed by atoms with Gasteiger partial charge in [0.1, 0.15) is 17.7 Å². The molecular formula is C27H32N2O5. The lowest BCUT2D eigenvalue weighted by Crippen LogP contribution is -2.56. The zero-order valence-electron chi connectivity index (χ0n) is 19.9. The average molecular weight is 465 g/mol. The van der Waals surface area contributed by atoms with Crippen LogP contribution >= 0.6 is 0 Å². The molecule has 2 aromatic rings. The highest BCUT2D eigenvalue weighted by molar-refractivity contribution is 6.49. The van der Waals surface area contributed by atoms with Gasteiger partial charge in [0, 0.05) is 12.0 Å². The van der Waals surface area contributed by atoms with Gasteiger partial charge in [0.25, 0.3) is 0 Å². The van der Waals surface area contributed by atoms with Crippen LogP contribution in [0.2, 0.25) is 0 Å². The summed E-state index contributed by atoms with van der Waals surface area (Å²) < 4.78 is 4.89. The molecule has 0 spiro atoms. The summed E-state index contributed by atoms with van der Waals surface area (Å²) in [6, 6.07) is 16.7. The van der Waals surface area contributed by atoms with Crippen LogP contribution in [0.5, 0.6) is 0 Å². The summed E-state index contributed by atoms with van der Waals surface area (Å²) in [5.41, 5.74) is -0.946. The summed E-state index contributed by atoms with van der Waals surface area (Å²) >= 11 is 0. The molecule has 180 valence electrons. The Morgan fingerprint density at radius 1 is 1.06 bits per heavy atom. The number of rotatable bonds is 13. The van der Waals surface area contributed by atoms with Crippen LogP contribution in [-0.2, 0) is 25.5 Å². The van der Waals surface area contributed by atoms with Gasteiger partial charge in [-0.25, -0.2) is 4.79 Å². The number of hydrogen-bond donors (Lipinski definition) is 2. The number of esters is 1. The highest BCUT2D eigenvalue weighted by Crippen LogP contribution is 2.36. The second kappa shape index (κ2) is 12.6. The van der Waals surface area contributed by atoms with E-state index in [9.17, 15) is 19.2 Å². The second-order valence-corrected chi connectivity index (χ2v) is 8.30. The number of ether oxygens (including phenoxy) is 1. The number of carbonyl (C=O) groups is 4. The molecule has 0 heterocycles. The standard InChI is InChI=1S/C27H32N2O5/c1-4-19(2)27(17-18-30,24(28)23(31)21-13-9-6-10-14-21)26(33)29-22(25(32)34-3)16-15-20-11-7-5-8-12-20/h5-14,18-19,22,28H,4,15-17H2,1-3H3,(H,29,33)/t19-,22+,27-/m1/s1. The normalized spacial score (nSPS) is 14.2. The summed E-state index contributed by atoms with van der Waals surface area (Å²) in [7, 11) is 1.23. The summed E-state index contributed by atoms with van der Waals surface area (Å²) in [5, 5.41) is 11.5. The van der Waals surface area contributed by atoms with Crippen molar-refractivity contribution in [3.8, 4) is 0 Å². The monoisotopic (exact) mass is 464 g/mol. The van der Waals surface area contributed by atoms with Crippen LogP contribution < -0.4 is 5.32 Å². The van der Waals surface area contributed by atoms with Crippen molar-refractivity contribution in [1.82, 2.24) is 5.32 Å². The smallest absolute Gasteiger partial charge is 0.328 e. The van der Waals surface area contributed by atoms with Crippen molar-refractivity contribution in [3.63, 3.8) is 0 Å². The van der Waals surface area contributed by atoms with Gasteiger partial charge >= 0.3 is 5.97 Å². The number of Topliss-reactive ketones (excluding diaryl/α,β-unsaturated/α-hetero) is 1. The Morgan fingerprint density at radius 3 is 2.18 bits per heavy atom. The van der Waals surface area contributed by atoms with Gasteiger partial charge in [0.05, 0.1) is 12.8 Å². The molecule has 0 fully saturated rings. The van der Waals surface area contributed by atoms with Crippen LogP contribution in [0.3, 0.4) is 0 Å². The van der Waals surface area contributed by atoms with Gasteiger partial charge in [-0.05, 0) is 24.3 Å². The zero-order valence-corrected chi connectivity index (χ0v) is 19.9. The number of aryl methyl sites for hydroxylation is 1. The Bertz CT molecular complexity index is 1010. The van der Waals surface area contributed by atoms with Crippen molar-refractivity contribution in [1.29, 1.82) is 5.41 Å². The second-order valence-electron chi connectivity index (χ2n) is 8.30. The van der Waals surface area contributed by atoms with Crippen LogP contribution in [-0.4, -0.2) is 42.8 Å². The Kier molecular flexibility index (Phi) is 9.86. The van der Waals surface area contributed by atoms with Gasteiger partial charge in [0.15, 0.2) is 0 Å². The van der Waals surface area contributed by atoms with Crippen molar-refractivity contribution in [2.45, 2.75) is 45.6 Å². The Hall–Kier alpha value is -3.61. The highest BCUT2D eigenvalue weighted by Gasteiger charge is 2.50. The quantitative estimate of drug-likeness (QED) is 0.203. The van der Waals surface area contributed by atoms with Gasteiger partial charge in [-0.3, -0.25) is 9.59 Å². The van der Waals surface area contributed by atoms with Crippen molar-refractivity contribution in [2.75, 3.05) is 7.11 Å². The van der Waals surface area contributed by atoms with E-state index in [0.29, 0.717) is 19.1 Å². The minimum atomic E-state index is -1.72. The number of hydrogen-bond acceptors (Lipinski definition) is 6. The van der Waals surface area contributed by atoms with Crippen molar-refractivity contribution < 1.29 is 23.9 Å². The van der Waals surface area contributed by atoms with Crippen LogP contribution in [0.1, 0.15) is 49.0 Å². The highest BCUT2D eigenvalue weighted by atomic mass is 16.5. The van der Waals surface area contributed by atoms with E-state index in [1.807, 2.05) is 37.3 Å². The number of benzene rings is 2. The molecule has 0 unspecified atom stereocenters. The minimum absolute atomic E-state index is 0.257. The fraction of sp³-hybridized carbons (Fsp3) is 0.370. The van der Waals surface area contributed by atoms with E-state index in [1.54, 1.807) is 37.3 Å². The van der Waals surface area contributed by atoms with E-state index in [2.05, 4.69) is 5.32 Å². The molecule has 0 saturated heterocycles. The first-order valence-electron chi connectivity index (χ1n) is 11.4. The number of methoxy groups -OCH3 is 1. The molecule has 0 bridgehead atoms. The lowest BCUT2D eigenvalue weighted by atomic mass is 9.66. The molecule has 0 radical (unpaired) electrons. The van der Waals surface area contributed by atoms with E-state index in [0.717, 1.165) is 5.56 Å². The lowest BCUT2D eigenvalue weighted by molar-refractivity contribution is -0.146. The molecule has 3 atom stereocenters. The topological polar surface area (TPSA) is 113 Å². The molecule has 0 saturated carbocycles. The first kappa shape index (κ1) is 26.6. The molecule has 7 heteroatoms. The molecule has 0 aliphatic carbocycles. The molecule has 2 rings (SSSR count). The van der Waals surface area contributed by atoms with E-state index in [-0.39, 0.29) is 18.4 Å². The summed E-state index contributed by atoms with van der Waals surface area (Å²) in [5.74, 6) is -2.47. The molecule has 0 aromatic heterocycles. The number of nitrogens with one attached hydrogen (secondary N) is 2. The van der Waals surface area contributed by atoms with Gasteiger partial charge < -0.3 is 20.3 Å². The van der Waals surface area contributed by atoms with E-state index in [1.165, 1.54) is 7.11 Å². The zero-order chi connectivity index (χ0) is 25.1. The first-order chi connectivity index (χ1) is 16.3. The van der Waals surface area contributed by atoms with Crippen LogP contribution in [0.4, 0.5) is 0 Å². The summed E-state index contributed by atoms with van der Waals surface area (Å²) in [6.45, 7) is 3.55.